The molecule has 0 fully saturated rings. The van der Waals surface area contributed by atoms with Crippen LogP contribution in [-0.2, 0) is 10.1 Å². The predicted molar refractivity (Wildman–Crippen MR) is 118 cm³/mol. The van der Waals surface area contributed by atoms with Gasteiger partial charge in [-0.3, -0.25) is 15.5 Å². The highest BCUT2D eigenvalue weighted by atomic mass is 35.5. The van der Waals surface area contributed by atoms with Crippen molar-refractivity contribution in [3.63, 3.8) is 0 Å². The van der Waals surface area contributed by atoms with Crippen molar-refractivity contribution < 1.29 is 17.5 Å². The summed E-state index contributed by atoms with van der Waals surface area (Å²) in [5, 5.41) is 14.5. The number of nitro groups is 1. The van der Waals surface area contributed by atoms with Gasteiger partial charge >= 0.3 is 10.1 Å². The maximum Gasteiger partial charge on any atom is 0.339 e. The summed E-state index contributed by atoms with van der Waals surface area (Å²) in [7, 11) is -4.12. The van der Waals surface area contributed by atoms with E-state index in [1.165, 1.54) is 42.6 Å². The lowest BCUT2D eigenvalue weighted by Crippen LogP contribution is -2.10. The largest absolute Gasteiger partial charge is 0.376 e. The summed E-state index contributed by atoms with van der Waals surface area (Å²) in [4.78, 5) is 13.9. The molecule has 2 aromatic carbocycles. The molecule has 0 aliphatic heterocycles. The topological polar surface area (TPSA) is 124 Å². The molecule has 1 N–H and O–H groups in total. The van der Waals surface area contributed by atoms with Crippen LogP contribution in [0.5, 0.6) is 5.75 Å². The van der Waals surface area contributed by atoms with Crippen molar-refractivity contribution in [3.05, 3.63) is 86.0 Å². The van der Waals surface area contributed by atoms with E-state index in [9.17, 15) is 18.5 Å². The Bertz CT molecular complexity index is 1220. The molecule has 0 aliphatic carbocycles. The van der Waals surface area contributed by atoms with E-state index in [0.717, 1.165) is 11.8 Å². The highest BCUT2D eigenvalue weighted by Gasteiger charge is 2.21. The molecule has 31 heavy (non-hydrogen) atoms. The van der Waals surface area contributed by atoms with Crippen molar-refractivity contribution in [3.8, 4) is 5.75 Å². The summed E-state index contributed by atoms with van der Waals surface area (Å²) in [6, 6.07) is 11.6. The van der Waals surface area contributed by atoms with Crippen LogP contribution in [0.15, 0.2) is 64.7 Å². The summed E-state index contributed by atoms with van der Waals surface area (Å²) >= 11 is 12.3. The van der Waals surface area contributed by atoms with Crippen LogP contribution in [0.1, 0.15) is 11.1 Å². The first kappa shape index (κ1) is 22.5. The first-order chi connectivity index (χ1) is 14.7. The molecule has 0 amide bonds. The zero-order valence-corrected chi connectivity index (χ0v) is 18.1. The molecule has 0 unspecified atom stereocenters. The number of anilines is 1. The Morgan fingerprint density at radius 2 is 1.77 bits per heavy atom. The van der Waals surface area contributed by atoms with Crippen molar-refractivity contribution in [2.45, 2.75) is 11.8 Å². The minimum atomic E-state index is -4.12. The smallest absolute Gasteiger partial charge is 0.339 e. The molecule has 0 saturated heterocycles. The molecule has 1 aromatic heterocycles. The van der Waals surface area contributed by atoms with E-state index < -0.39 is 15.0 Å². The normalized spacial score (nSPS) is 11.5. The van der Waals surface area contributed by atoms with Crippen molar-refractivity contribution in [1.29, 1.82) is 0 Å². The van der Waals surface area contributed by atoms with Gasteiger partial charge < -0.3 is 4.18 Å². The van der Waals surface area contributed by atoms with Crippen molar-refractivity contribution in [2.75, 3.05) is 5.43 Å². The number of benzene rings is 2. The molecule has 0 bridgehead atoms. The van der Waals surface area contributed by atoms with Gasteiger partial charge in [-0.25, -0.2) is 4.98 Å². The van der Waals surface area contributed by atoms with E-state index in [4.69, 9.17) is 27.4 Å². The number of pyridine rings is 1. The third-order valence-electron chi connectivity index (χ3n) is 3.87. The van der Waals surface area contributed by atoms with E-state index in [0.29, 0.717) is 5.56 Å². The second kappa shape index (κ2) is 9.29. The molecule has 3 aromatic rings. The Labute approximate surface area is 187 Å². The lowest BCUT2D eigenvalue weighted by atomic mass is 10.2. The summed E-state index contributed by atoms with van der Waals surface area (Å²) in [5.74, 6) is 0.0780. The van der Waals surface area contributed by atoms with Crippen LogP contribution in [0.3, 0.4) is 0 Å². The number of halogens is 2. The summed E-state index contributed by atoms with van der Waals surface area (Å²) < 4.78 is 30.1. The number of hydrogen-bond donors (Lipinski definition) is 1. The number of aromatic nitrogens is 1. The summed E-state index contributed by atoms with van der Waals surface area (Å²) in [6.45, 7) is 1.83. The standard InChI is InChI=1S/C19H14Cl2N4O5S/c1-12-2-5-15(6-3-12)31(28,29)30-19-16(20)8-13(9-17(19)21)10-23-24-18-7-4-14(11-22-18)25(26)27/h2-11H,1H3,(H,22,24)/b23-10-. The minimum Gasteiger partial charge on any atom is -0.376 e. The first-order valence-electron chi connectivity index (χ1n) is 8.55. The van der Waals surface area contributed by atoms with E-state index >= 15 is 0 Å². The fourth-order valence-electron chi connectivity index (χ4n) is 2.33. The molecule has 1 heterocycles. The Kier molecular flexibility index (Phi) is 6.74. The van der Waals surface area contributed by atoms with E-state index in [1.807, 2.05) is 6.92 Å². The van der Waals surface area contributed by atoms with Gasteiger partial charge in [0.15, 0.2) is 5.75 Å². The zero-order valence-electron chi connectivity index (χ0n) is 15.8. The van der Waals surface area contributed by atoms with Crippen LogP contribution >= 0.6 is 23.2 Å². The Hall–Kier alpha value is -3.21. The number of aryl methyl sites for hydroxylation is 1. The molecule has 0 spiro atoms. The highest BCUT2D eigenvalue weighted by molar-refractivity contribution is 7.87. The van der Waals surface area contributed by atoms with Crippen LogP contribution in [-0.4, -0.2) is 24.5 Å². The summed E-state index contributed by atoms with van der Waals surface area (Å²) in [6.07, 6.45) is 2.45. The van der Waals surface area contributed by atoms with Gasteiger partial charge in [-0.2, -0.15) is 13.5 Å². The third kappa shape index (κ3) is 5.69. The van der Waals surface area contributed by atoms with Crippen LogP contribution < -0.4 is 9.61 Å². The maximum atomic E-state index is 12.5. The SMILES string of the molecule is Cc1ccc(S(=O)(=O)Oc2c(Cl)cc(/C=N\Nc3ccc([N+](=O)[O-])cn3)cc2Cl)cc1. The van der Waals surface area contributed by atoms with Gasteiger partial charge in [0.25, 0.3) is 5.69 Å². The van der Waals surface area contributed by atoms with Crippen LogP contribution in [0, 0.1) is 17.0 Å². The molecule has 160 valence electrons. The fourth-order valence-corrected chi connectivity index (χ4v) is 3.97. The lowest BCUT2D eigenvalue weighted by molar-refractivity contribution is -0.385. The van der Waals surface area contributed by atoms with Gasteiger partial charge in [0, 0.05) is 6.07 Å². The van der Waals surface area contributed by atoms with E-state index in [1.54, 1.807) is 12.1 Å². The molecule has 3 rings (SSSR count). The van der Waals surface area contributed by atoms with Gasteiger partial charge in [-0.1, -0.05) is 40.9 Å². The zero-order chi connectivity index (χ0) is 22.6. The first-order valence-corrected chi connectivity index (χ1v) is 10.7. The molecule has 0 atom stereocenters. The number of rotatable bonds is 7. The average Bonchev–Trinajstić information content (AvgIpc) is 2.71. The molecule has 0 aliphatic rings. The van der Waals surface area contributed by atoms with Gasteiger partial charge in [0.05, 0.1) is 21.2 Å². The Balaban J connectivity index is 1.74. The average molecular weight is 481 g/mol. The van der Waals surface area contributed by atoms with Crippen molar-refractivity contribution in [1.82, 2.24) is 4.98 Å². The van der Waals surface area contributed by atoms with E-state index in [-0.39, 0.29) is 32.2 Å². The number of hydrazone groups is 1. The second-order valence-corrected chi connectivity index (χ2v) is 8.55. The maximum absolute atomic E-state index is 12.5. The van der Waals surface area contributed by atoms with Crippen molar-refractivity contribution >= 4 is 51.0 Å². The molecule has 0 saturated carbocycles. The monoisotopic (exact) mass is 480 g/mol. The molecule has 0 radical (unpaired) electrons. The second-order valence-electron chi connectivity index (χ2n) is 6.19. The highest BCUT2D eigenvalue weighted by Crippen LogP contribution is 2.36. The van der Waals surface area contributed by atoms with Gasteiger partial charge in [0.1, 0.15) is 16.9 Å². The van der Waals surface area contributed by atoms with Crippen molar-refractivity contribution in [2.24, 2.45) is 5.10 Å². The van der Waals surface area contributed by atoms with Gasteiger partial charge in [-0.15, -0.1) is 0 Å². The third-order valence-corrected chi connectivity index (χ3v) is 5.67. The molecule has 9 nitrogen and oxygen atoms in total. The van der Waals surface area contributed by atoms with E-state index in [2.05, 4.69) is 15.5 Å². The van der Waals surface area contributed by atoms with Crippen LogP contribution in [0.4, 0.5) is 11.5 Å². The number of nitrogens with one attached hydrogen (secondary N) is 1. The van der Waals surface area contributed by atoms with Crippen LogP contribution in [0.2, 0.25) is 10.0 Å². The fraction of sp³-hybridized carbons (Fsp3) is 0.0526. The van der Waals surface area contributed by atoms with Gasteiger partial charge in [0.2, 0.25) is 0 Å². The minimum absolute atomic E-state index is 0.0295. The Morgan fingerprint density at radius 3 is 2.32 bits per heavy atom. The lowest BCUT2D eigenvalue weighted by Gasteiger charge is -2.11. The predicted octanol–water partition coefficient (Wildman–Crippen LogP) is 4.82. The quantitative estimate of drug-likeness (QED) is 0.222. The Morgan fingerprint density at radius 1 is 1.13 bits per heavy atom. The van der Waals surface area contributed by atoms with Gasteiger partial charge in [-0.05, 0) is 42.8 Å². The molecular weight excluding hydrogens is 467 g/mol. The number of hydrogen-bond acceptors (Lipinski definition) is 8. The number of nitrogens with zero attached hydrogens (tertiary/aromatic N) is 3. The summed E-state index contributed by atoms with van der Waals surface area (Å²) in [5.41, 5.74) is 3.80. The molecule has 12 heteroatoms. The molecular formula is C19H14Cl2N4O5S. The van der Waals surface area contributed by atoms with Crippen LogP contribution in [0.25, 0.3) is 0 Å².